The Kier molecular flexibility index (Phi) is 1.74. The molecule has 2 unspecified atom stereocenters. The third-order valence-electron chi connectivity index (χ3n) is 2.34. The van der Waals surface area contributed by atoms with Gasteiger partial charge in [0.05, 0.1) is 0 Å². The van der Waals surface area contributed by atoms with Gasteiger partial charge in [-0.3, -0.25) is 0 Å². The van der Waals surface area contributed by atoms with Crippen LogP contribution >= 0.6 is 0 Å². The van der Waals surface area contributed by atoms with Gasteiger partial charge in [0.2, 0.25) is 0 Å². The van der Waals surface area contributed by atoms with E-state index in [0.717, 1.165) is 25.7 Å². The van der Waals surface area contributed by atoms with Crippen LogP contribution in [0.15, 0.2) is 12.2 Å². The Bertz CT molecular complexity index is 142. The van der Waals surface area contributed by atoms with E-state index in [1.54, 1.807) is 0 Å². The predicted molar refractivity (Wildman–Crippen MR) is 40.9 cm³/mol. The first-order valence-electron chi connectivity index (χ1n) is 4.00. The zero-order valence-electron chi connectivity index (χ0n) is 6.09. The monoisotopic (exact) mass is 137 g/mol. The average Bonchev–Trinajstić information content (AvgIpc) is 2.05. The number of nitrogens with one attached hydrogen (secondary N) is 1. The number of fused-ring (bicyclic) bond motifs is 1. The van der Waals surface area contributed by atoms with Crippen molar-refractivity contribution < 1.29 is 0 Å². The highest BCUT2D eigenvalue weighted by Crippen LogP contribution is 2.15. The van der Waals surface area contributed by atoms with Crippen molar-refractivity contribution in [2.75, 3.05) is 19.6 Å². The molecule has 0 spiro atoms. The zero-order valence-corrected chi connectivity index (χ0v) is 6.09. The molecule has 0 aliphatic carbocycles. The van der Waals surface area contributed by atoms with Crippen molar-refractivity contribution in [3.05, 3.63) is 12.2 Å². The molecule has 0 bridgehead atoms. The first-order valence-corrected chi connectivity index (χ1v) is 4.00. The van der Waals surface area contributed by atoms with Gasteiger partial charge in [-0.25, -0.2) is 5.32 Å². The van der Waals surface area contributed by atoms with Crippen LogP contribution in [-0.2, 0) is 0 Å². The first kappa shape index (κ1) is 6.38. The molecule has 0 aromatic carbocycles. The lowest BCUT2D eigenvalue weighted by Gasteiger charge is -2.32. The Morgan fingerprint density at radius 1 is 1.50 bits per heavy atom. The fourth-order valence-corrected chi connectivity index (χ4v) is 1.72. The molecular formula is C8H13N2. The predicted octanol–water partition coefficient (Wildman–Crippen LogP) is 0.139. The third kappa shape index (κ3) is 1.09. The van der Waals surface area contributed by atoms with Crippen molar-refractivity contribution in [3.63, 3.8) is 0 Å². The second-order valence-electron chi connectivity index (χ2n) is 3.03. The Morgan fingerprint density at radius 3 is 3.40 bits per heavy atom. The molecule has 0 saturated carbocycles. The maximum absolute atomic E-state index is 4.37. The summed E-state index contributed by atoms with van der Waals surface area (Å²) < 4.78 is 0. The van der Waals surface area contributed by atoms with Crippen molar-refractivity contribution in [3.8, 4) is 0 Å². The molecule has 1 radical (unpaired) electrons. The maximum Gasteiger partial charge on any atom is 0.0211 e. The Balaban J connectivity index is 2.03. The molecule has 2 heteroatoms. The molecule has 0 amide bonds. The minimum atomic E-state index is 0.697. The molecular weight excluding hydrogens is 124 g/mol. The van der Waals surface area contributed by atoms with Crippen molar-refractivity contribution in [2.24, 2.45) is 5.92 Å². The third-order valence-corrected chi connectivity index (χ3v) is 2.34. The molecule has 2 nitrogen and oxygen atoms in total. The van der Waals surface area contributed by atoms with E-state index in [0.29, 0.717) is 5.92 Å². The lowest BCUT2D eigenvalue weighted by molar-refractivity contribution is 0.316. The highest BCUT2D eigenvalue weighted by atomic mass is 15.0. The molecule has 2 aliphatic rings. The van der Waals surface area contributed by atoms with Crippen molar-refractivity contribution in [1.29, 1.82) is 0 Å². The van der Waals surface area contributed by atoms with Gasteiger partial charge in [0.15, 0.2) is 0 Å². The van der Waals surface area contributed by atoms with Gasteiger partial charge in [0, 0.05) is 31.6 Å². The summed E-state index contributed by atoms with van der Waals surface area (Å²) in [6.07, 6.45) is 5.75. The molecule has 55 valence electrons. The van der Waals surface area contributed by atoms with E-state index in [9.17, 15) is 0 Å². The average molecular weight is 137 g/mol. The summed E-state index contributed by atoms with van der Waals surface area (Å²) >= 11 is 0. The SMILES string of the molecule is C1=CC2C[N]CCC2NC1. The minimum Gasteiger partial charge on any atom is -0.310 e. The second kappa shape index (κ2) is 2.72. The van der Waals surface area contributed by atoms with Crippen LogP contribution in [0.1, 0.15) is 6.42 Å². The van der Waals surface area contributed by atoms with Crippen LogP contribution in [0, 0.1) is 5.92 Å². The lowest BCUT2D eigenvalue weighted by atomic mass is 9.91. The molecule has 0 aromatic heterocycles. The molecule has 1 fully saturated rings. The van der Waals surface area contributed by atoms with Crippen LogP contribution < -0.4 is 10.6 Å². The van der Waals surface area contributed by atoms with Gasteiger partial charge < -0.3 is 5.32 Å². The summed E-state index contributed by atoms with van der Waals surface area (Å²) in [4.78, 5) is 0. The van der Waals surface area contributed by atoms with Crippen LogP contribution in [-0.4, -0.2) is 25.7 Å². The van der Waals surface area contributed by atoms with Crippen LogP contribution in [0.3, 0.4) is 0 Å². The fraction of sp³-hybridized carbons (Fsp3) is 0.750. The summed E-state index contributed by atoms with van der Waals surface area (Å²) in [7, 11) is 0. The van der Waals surface area contributed by atoms with E-state index in [1.807, 2.05) is 0 Å². The van der Waals surface area contributed by atoms with Gasteiger partial charge in [-0.05, 0) is 6.42 Å². The molecule has 1 saturated heterocycles. The molecule has 2 rings (SSSR count). The van der Waals surface area contributed by atoms with Gasteiger partial charge in [-0.15, -0.1) is 0 Å². The van der Waals surface area contributed by atoms with Crippen molar-refractivity contribution in [2.45, 2.75) is 12.5 Å². The normalized spacial score (nSPS) is 39.2. The lowest BCUT2D eigenvalue weighted by Crippen LogP contribution is -2.46. The Morgan fingerprint density at radius 2 is 2.50 bits per heavy atom. The number of piperidine rings is 1. The van der Waals surface area contributed by atoms with Gasteiger partial charge in [0.25, 0.3) is 0 Å². The molecule has 2 heterocycles. The van der Waals surface area contributed by atoms with E-state index in [2.05, 4.69) is 22.8 Å². The summed E-state index contributed by atoms with van der Waals surface area (Å²) in [5.41, 5.74) is 0. The highest BCUT2D eigenvalue weighted by molar-refractivity contribution is 5.03. The maximum atomic E-state index is 4.37. The van der Waals surface area contributed by atoms with E-state index in [1.165, 1.54) is 6.42 Å². The van der Waals surface area contributed by atoms with Crippen molar-refractivity contribution in [1.82, 2.24) is 10.6 Å². The largest absolute Gasteiger partial charge is 0.310 e. The minimum absolute atomic E-state index is 0.697. The summed E-state index contributed by atoms with van der Waals surface area (Å²) in [5.74, 6) is 0.697. The van der Waals surface area contributed by atoms with Gasteiger partial charge >= 0.3 is 0 Å². The van der Waals surface area contributed by atoms with Crippen LogP contribution in [0.5, 0.6) is 0 Å². The Hall–Kier alpha value is -0.340. The highest BCUT2D eigenvalue weighted by Gasteiger charge is 2.24. The van der Waals surface area contributed by atoms with E-state index in [-0.39, 0.29) is 0 Å². The smallest absolute Gasteiger partial charge is 0.0211 e. The number of nitrogens with zero attached hydrogens (tertiary/aromatic N) is 1. The molecule has 0 aromatic rings. The topological polar surface area (TPSA) is 26.1 Å². The summed E-state index contributed by atoms with van der Waals surface area (Å²) in [5, 5.41) is 7.84. The standard InChI is InChI=1S/C8H13N2/c1-2-7-6-9-5-3-8(7)10-4-1/h1-2,7-8,10H,3-6H2. The number of rotatable bonds is 0. The van der Waals surface area contributed by atoms with E-state index >= 15 is 0 Å². The van der Waals surface area contributed by atoms with Crippen LogP contribution in [0.4, 0.5) is 0 Å². The van der Waals surface area contributed by atoms with E-state index < -0.39 is 0 Å². The molecule has 2 aliphatic heterocycles. The molecule has 10 heavy (non-hydrogen) atoms. The van der Waals surface area contributed by atoms with Crippen LogP contribution in [0.2, 0.25) is 0 Å². The number of hydrogen-bond donors (Lipinski definition) is 1. The quantitative estimate of drug-likeness (QED) is 0.472. The van der Waals surface area contributed by atoms with Gasteiger partial charge in [0.1, 0.15) is 0 Å². The van der Waals surface area contributed by atoms with Gasteiger partial charge in [-0.2, -0.15) is 0 Å². The summed E-state index contributed by atoms with van der Waals surface area (Å²) in [6.45, 7) is 3.15. The first-order chi connectivity index (χ1) is 4.97. The summed E-state index contributed by atoms with van der Waals surface area (Å²) in [6, 6.07) is 0.725. The van der Waals surface area contributed by atoms with Crippen LogP contribution in [0.25, 0.3) is 0 Å². The molecule has 1 N–H and O–H groups in total. The van der Waals surface area contributed by atoms with Crippen molar-refractivity contribution >= 4 is 0 Å². The fourth-order valence-electron chi connectivity index (χ4n) is 1.72. The number of hydrogen-bond acceptors (Lipinski definition) is 1. The van der Waals surface area contributed by atoms with Gasteiger partial charge in [-0.1, -0.05) is 12.2 Å². The Labute approximate surface area is 61.7 Å². The second-order valence-corrected chi connectivity index (χ2v) is 3.03. The molecule has 2 atom stereocenters. The zero-order chi connectivity index (χ0) is 6.81. The van der Waals surface area contributed by atoms with E-state index in [4.69, 9.17) is 0 Å².